The molecule has 8 heteroatoms. The molecule has 3 aromatic rings. The number of nitrogens with one attached hydrogen (secondary N) is 2. The number of benzene rings is 2. The second kappa shape index (κ2) is 10.7. The van der Waals surface area contributed by atoms with Gasteiger partial charge in [-0.25, -0.2) is 5.10 Å². The van der Waals surface area contributed by atoms with Crippen LogP contribution in [-0.4, -0.2) is 22.1 Å². The Morgan fingerprint density at radius 1 is 1.03 bits per heavy atom. The Balaban J connectivity index is 0.00000300. The first-order valence-corrected chi connectivity index (χ1v) is 8.72. The summed E-state index contributed by atoms with van der Waals surface area (Å²) in [6, 6.07) is 19.0. The Hall–Kier alpha value is -2.74. The molecular formula is C21H18N3NaO4. The number of H-pyrrole nitrogens is 1. The molecule has 1 aromatic heterocycles. The van der Waals surface area contributed by atoms with Gasteiger partial charge >= 0.3 is 29.6 Å². The number of hydrogen-bond acceptors (Lipinski definition) is 5. The van der Waals surface area contributed by atoms with Gasteiger partial charge < -0.3 is 15.2 Å². The van der Waals surface area contributed by atoms with Crippen molar-refractivity contribution in [2.45, 2.75) is 12.8 Å². The molecule has 0 aliphatic heterocycles. The fourth-order valence-electron chi connectivity index (χ4n) is 2.83. The summed E-state index contributed by atoms with van der Waals surface area (Å²) in [5.74, 6) is -2.60. The van der Waals surface area contributed by atoms with E-state index in [-0.39, 0.29) is 48.0 Å². The first-order valence-electron chi connectivity index (χ1n) is 8.72. The van der Waals surface area contributed by atoms with E-state index < -0.39 is 17.8 Å². The maximum absolute atomic E-state index is 12.3. The quantitative estimate of drug-likeness (QED) is 0.464. The number of aliphatic carboxylic acids is 1. The summed E-state index contributed by atoms with van der Waals surface area (Å²) >= 11 is 0. The largest absolute Gasteiger partial charge is 1.00 e. The van der Waals surface area contributed by atoms with E-state index in [4.69, 9.17) is 0 Å². The van der Waals surface area contributed by atoms with Gasteiger partial charge in [0.05, 0.1) is 5.69 Å². The van der Waals surface area contributed by atoms with Gasteiger partial charge in [0.25, 0.3) is 5.56 Å². The molecule has 0 aliphatic carbocycles. The van der Waals surface area contributed by atoms with Crippen LogP contribution in [0.25, 0.3) is 11.3 Å². The number of aromatic nitrogens is 2. The van der Waals surface area contributed by atoms with Gasteiger partial charge in [-0.05, 0) is 30.2 Å². The first kappa shape index (κ1) is 22.5. The van der Waals surface area contributed by atoms with Crippen molar-refractivity contribution in [1.29, 1.82) is 0 Å². The SMILES string of the molecule is O=C(CC(Cc1ccccc1)C(=O)[O-])Nc1cccc(-c2ccc(=O)[nH]n2)c1.[Na+]. The van der Waals surface area contributed by atoms with Crippen molar-refractivity contribution < 1.29 is 44.3 Å². The van der Waals surface area contributed by atoms with Crippen LogP contribution in [-0.2, 0) is 16.0 Å². The third-order valence-electron chi connectivity index (χ3n) is 4.21. The van der Waals surface area contributed by atoms with Crippen molar-refractivity contribution >= 4 is 17.6 Å². The summed E-state index contributed by atoms with van der Waals surface area (Å²) < 4.78 is 0. The Morgan fingerprint density at radius 2 is 1.79 bits per heavy atom. The molecule has 1 heterocycles. The van der Waals surface area contributed by atoms with Crippen LogP contribution in [0.1, 0.15) is 12.0 Å². The van der Waals surface area contributed by atoms with Crippen molar-refractivity contribution in [3.63, 3.8) is 0 Å². The van der Waals surface area contributed by atoms with E-state index in [0.29, 0.717) is 16.9 Å². The van der Waals surface area contributed by atoms with Gasteiger partial charge in [-0.1, -0.05) is 42.5 Å². The molecule has 0 aliphatic rings. The van der Waals surface area contributed by atoms with Crippen molar-refractivity contribution in [2.24, 2.45) is 5.92 Å². The molecule has 142 valence electrons. The molecule has 7 nitrogen and oxygen atoms in total. The van der Waals surface area contributed by atoms with Gasteiger partial charge in [-0.2, -0.15) is 5.10 Å². The van der Waals surface area contributed by atoms with E-state index in [1.165, 1.54) is 6.07 Å². The van der Waals surface area contributed by atoms with Crippen molar-refractivity contribution in [3.05, 3.63) is 82.6 Å². The van der Waals surface area contributed by atoms with Gasteiger partial charge in [0.15, 0.2) is 0 Å². The average molecular weight is 399 g/mol. The molecule has 1 atom stereocenters. The van der Waals surface area contributed by atoms with Gasteiger partial charge in [-0.3, -0.25) is 9.59 Å². The summed E-state index contributed by atoms with van der Waals surface area (Å²) in [6.07, 6.45) is 0.0241. The minimum atomic E-state index is -1.26. The average Bonchev–Trinajstić information content (AvgIpc) is 2.69. The monoisotopic (exact) mass is 399 g/mol. The molecule has 0 bridgehead atoms. The van der Waals surface area contributed by atoms with E-state index in [0.717, 1.165) is 5.56 Å². The molecule has 29 heavy (non-hydrogen) atoms. The third kappa shape index (κ3) is 6.67. The molecule has 2 aromatic carbocycles. The van der Waals surface area contributed by atoms with Crippen LogP contribution >= 0.6 is 0 Å². The number of anilines is 1. The number of rotatable bonds is 7. The molecule has 0 radical (unpaired) electrons. The summed E-state index contributed by atoms with van der Waals surface area (Å²) in [5.41, 5.74) is 2.28. The zero-order chi connectivity index (χ0) is 19.9. The van der Waals surface area contributed by atoms with Crippen LogP contribution in [0.5, 0.6) is 0 Å². The second-order valence-corrected chi connectivity index (χ2v) is 6.35. The Morgan fingerprint density at radius 3 is 2.45 bits per heavy atom. The standard InChI is InChI=1S/C21H19N3O4.Na/c25-19-10-9-18(23-24-19)15-7-4-8-17(12-15)22-20(26)13-16(21(27)28)11-14-5-2-1-3-6-14;/h1-10,12,16H,11,13H2,(H,22,26)(H,24,25)(H,27,28);/q;+1/p-1. The number of carbonyl (C=O) groups excluding carboxylic acids is 2. The van der Waals surface area contributed by atoms with E-state index in [9.17, 15) is 19.5 Å². The van der Waals surface area contributed by atoms with Crippen LogP contribution in [0.2, 0.25) is 0 Å². The molecule has 2 N–H and O–H groups in total. The number of hydrogen-bond donors (Lipinski definition) is 2. The molecule has 3 rings (SSSR count). The fraction of sp³-hybridized carbons (Fsp3) is 0.143. The Kier molecular flexibility index (Phi) is 8.33. The molecule has 1 amide bonds. The van der Waals surface area contributed by atoms with Gasteiger partial charge in [0, 0.05) is 35.6 Å². The number of aromatic amines is 1. The Bertz CT molecular complexity index is 1020. The van der Waals surface area contributed by atoms with E-state index >= 15 is 0 Å². The maximum atomic E-state index is 12.3. The number of carbonyl (C=O) groups is 2. The van der Waals surface area contributed by atoms with Gasteiger partial charge in [0.2, 0.25) is 5.91 Å². The minimum Gasteiger partial charge on any atom is -0.550 e. The van der Waals surface area contributed by atoms with Crippen molar-refractivity contribution in [3.8, 4) is 11.3 Å². The number of nitrogens with zero attached hydrogens (tertiary/aromatic N) is 1. The van der Waals surface area contributed by atoms with E-state index in [2.05, 4.69) is 15.5 Å². The van der Waals surface area contributed by atoms with Crippen LogP contribution in [0.4, 0.5) is 5.69 Å². The topological polar surface area (TPSA) is 115 Å². The summed E-state index contributed by atoms with van der Waals surface area (Å²) in [5, 5.41) is 20.4. The van der Waals surface area contributed by atoms with Crippen LogP contribution < -0.4 is 45.5 Å². The molecule has 0 saturated heterocycles. The summed E-state index contributed by atoms with van der Waals surface area (Å²) in [6.45, 7) is 0. The van der Waals surface area contributed by atoms with Crippen LogP contribution in [0.15, 0.2) is 71.5 Å². The Labute approximate surface area is 189 Å². The van der Waals surface area contributed by atoms with Gasteiger partial charge in [0.1, 0.15) is 0 Å². The number of carboxylic acid groups (broad SMARTS) is 1. The molecule has 1 unspecified atom stereocenters. The minimum absolute atomic E-state index is 0. The molecule has 0 spiro atoms. The predicted octanol–water partition coefficient (Wildman–Crippen LogP) is -1.62. The van der Waals surface area contributed by atoms with Crippen LogP contribution in [0, 0.1) is 5.92 Å². The molecule has 0 saturated carbocycles. The fourth-order valence-corrected chi connectivity index (χ4v) is 2.83. The number of amides is 1. The van der Waals surface area contributed by atoms with Crippen LogP contribution in [0.3, 0.4) is 0 Å². The van der Waals surface area contributed by atoms with E-state index in [1.807, 2.05) is 30.3 Å². The molecular weight excluding hydrogens is 381 g/mol. The zero-order valence-corrected chi connectivity index (χ0v) is 17.9. The second-order valence-electron chi connectivity index (χ2n) is 6.35. The summed E-state index contributed by atoms with van der Waals surface area (Å²) in [7, 11) is 0. The van der Waals surface area contributed by atoms with E-state index in [1.54, 1.807) is 30.3 Å². The van der Waals surface area contributed by atoms with Crippen molar-refractivity contribution in [1.82, 2.24) is 10.2 Å². The first-order chi connectivity index (χ1) is 13.5. The van der Waals surface area contributed by atoms with Crippen molar-refractivity contribution in [2.75, 3.05) is 5.32 Å². The normalized spacial score (nSPS) is 11.2. The summed E-state index contributed by atoms with van der Waals surface area (Å²) in [4.78, 5) is 34.9. The predicted molar refractivity (Wildman–Crippen MR) is 102 cm³/mol. The smallest absolute Gasteiger partial charge is 0.550 e. The maximum Gasteiger partial charge on any atom is 1.00 e. The number of carboxylic acids is 1. The molecule has 0 fully saturated rings. The zero-order valence-electron chi connectivity index (χ0n) is 15.9. The van der Waals surface area contributed by atoms with Gasteiger partial charge in [-0.15, -0.1) is 0 Å². The third-order valence-corrected chi connectivity index (χ3v) is 4.21.